The maximum Gasteiger partial charge on any atom is 0.253 e. The zero-order valence-electron chi connectivity index (χ0n) is 15.1. The number of piperidine rings is 1. The van der Waals surface area contributed by atoms with E-state index in [1.54, 1.807) is 12.1 Å². The number of thiophene rings is 1. The highest BCUT2D eigenvalue weighted by Gasteiger charge is 2.24. The highest BCUT2D eigenvalue weighted by molar-refractivity contribution is 7.89. The van der Waals surface area contributed by atoms with E-state index < -0.39 is 10.0 Å². The summed E-state index contributed by atoms with van der Waals surface area (Å²) in [5.74, 6) is -0.0551. The summed E-state index contributed by atoms with van der Waals surface area (Å²) >= 11 is 1.50. The summed E-state index contributed by atoms with van der Waals surface area (Å²) in [5, 5.41) is 5.12. The van der Waals surface area contributed by atoms with Gasteiger partial charge < -0.3 is 10.2 Å². The molecule has 1 atom stereocenters. The van der Waals surface area contributed by atoms with Gasteiger partial charge in [0.25, 0.3) is 5.91 Å². The van der Waals surface area contributed by atoms with E-state index in [0.29, 0.717) is 18.2 Å². The van der Waals surface area contributed by atoms with Gasteiger partial charge in [-0.25, -0.2) is 13.1 Å². The molecule has 1 amide bonds. The Morgan fingerprint density at radius 1 is 1.26 bits per heavy atom. The van der Waals surface area contributed by atoms with Gasteiger partial charge in [-0.15, -0.1) is 23.7 Å². The van der Waals surface area contributed by atoms with Crippen molar-refractivity contribution in [1.29, 1.82) is 0 Å². The van der Waals surface area contributed by atoms with Gasteiger partial charge in [0.15, 0.2) is 0 Å². The normalized spacial score (nSPS) is 17.4. The summed E-state index contributed by atoms with van der Waals surface area (Å²) in [5.41, 5.74) is 0.513. The number of nitrogens with one attached hydrogen (secondary N) is 2. The van der Waals surface area contributed by atoms with Crippen molar-refractivity contribution < 1.29 is 13.2 Å². The zero-order valence-corrected chi connectivity index (χ0v) is 17.5. The Bertz CT molecular complexity index is 839. The van der Waals surface area contributed by atoms with E-state index in [2.05, 4.69) is 10.0 Å². The first-order valence-corrected chi connectivity index (χ1v) is 10.9. The second-order valence-electron chi connectivity index (χ2n) is 6.31. The third-order valence-corrected chi connectivity index (χ3v) is 6.84. The third kappa shape index (κ3) is 5.52. The van der Waals surface area contributed by atoms with Crippen LogP contribution in [0.4, 0.5) is 0 Å². The van der Waals surface area contributed by atoms with Gasteiger partial charge in [-0.1, -0.05) is 6.07 Å². The highest BCUT2D eigenvalue weighted by atomic mass is 35.5. The number of likely N-dealkylation sites (tertiary alicyclic amines) is 1. The van der Waals surface area contributed by atoms with Crippen LogP contribution < -0.4 is 10.0 Å². The SMILES string of the molecule is CNC1CCCN(C(=O)c2ccc(S(=O)(=O)NCc3cccs3)cc2)C1.Cl. The van der Waals surface area contributed by atoms with E-state index >= 15 is 0 Å². The van der Waals surface area contributed by atoms with Crippen LogP contribution in [-0.4, -0.2) is 45.4 Å². The Morgan fingerprint density at radius 3 is 2.63 bits per heavy atom. The lowest BCUT2D eigenvalue weighted by Gasteiger charge is -2.32. The van der Waals surface area contributed by atoms with E-state index in [9.17, 15) is 13.2 Å². The number of hydrogen-bond donors (Lipinski definition) is 2. The van der Waals surface area contributed by atoms with Crippen LogP contribution in [0.5, 0.6) is 0 Å². The summed E-state index contributed by atoms with van der Waals surface area (Å²) in [7, 11) is -1.69. The van der Waals surface area contributed by atoms with Gasteiger partial charge in [-0.2, -0.15) is 0 Å². The zero-order chi connectivity index (χ0) is 18.6. The van der Waals surface area contributed by atoms with Crippen LogP contribution in [0.1, 0.15) is 28.1 Å². The van der Waals surface area contributed by atoms with Crippen molar-refractivity contribution in [2.45, 2.75) is 30.3 Å². The minimum absolute atomic E-state index is 0. The van der Waals surface area contributed by atoms with Crippen molar-refractivity contribution in [3.8, 4) is 0 Å². The van der Waals surface area contributed by atoms with Gasteiger partial charge in [0.05, 0.1) is 4.90 Å². The fourth-order valence-corrected chi connectivity index (χ4v) is 4.76. The molecule has 1 aliphatic rings. The van der Waals surface area contributed by atoms with E-state index in [1.807, 2.05) is 29.5 Å². The number of rotatable bonds is 6. The van der Waals surface area contributed by atoms with Gasteiger partial charge in [-0.05, 0) is 55.6 Å². The Hall–Kier alpha value is -1.45. The predicted molar refractivity (Wildman–Crippen MR) is 110 cm³/mol. The summed E-state index contributed by atoms with van der Waals surface area (Å²) in [6.07, 6.45) is 2.03. The first kappa shape index (κ1) is 21.8. The molecule has 0 spiro atoms. The molecule has 27 heavy (non-hydrogen) atoms. The Balaban J connectivity index is 0.00000261. The molecule has 3 rings (SSSR count). The molecular weight excluding hydrogens is 406 g/mol. The fourth-order valence-electron chi connectivity index (χ4n) is 3.02. The van der Waals surface area contributed by atoms with Crippen molar-refractivity contribution in [2.24, 2.45) is 0 Å². The highest BCUT2D eigenvalue weighted by Crippen LogP contribution is 2.17. The molecule has 0 bridgehead atoms. The molecule has 0 saturated carbocycles. The van der Waals surface area contributed by atoms with Gasteiger partial charge >= 0.3 is 0 Å². The molecule has 1 fully saturated rings. The smallest absolute Gasteiger partial charge is 0.253 e. The number of carbonyl (C=O) groups is 1. The van der Waals surface area contributed by atoms with Crippen molar-refractivity contribution >= 4 is 39.7 Å². The maximum atomic E-state index is 12.6. The molecule has 2 heterocycles. The molecule has 0 radical (unpaired) electrons. The average Bonchev–Trinajstić information content (AvgIpc) is 3.20. The van der Waals surface area contributed by atoms with E-state index in [4.69, 9.17) is 0 Å². The van der Waals surface area contributed by atoms with Gasteiger partial charge in [0.2, 0.25) is 10.0 Å². The standard InChI is InChI=1S/C18H23N3O3S2.ClH/c1-19-15-4-2-10-21(13-15)18(22)14-6-8-17(9-7-14)26(23,24)20-12-16-5-3-11-25-16;/h3,5-9,11,15,19-20H,2,4,10,12-13H2,1H3;1H. The van der Waals surface area contributed by atoms with Crippen LogP contribution in [0, 0.1) is 0 Å². The predicted octanol–water partition coefficient (Wildman–Crippen LogP) is 2.47. The van der Waals surface area contributed by atoms with Crippen molar-refractivity contribution in [2.75, 3.05) is 20.1 Å². The van der Waals surface area contributed by atoms with E-state index in [1.165, 1.54) is 23.5 Å². The molecular formula is C18H24ClN3O3S2. The molecule has 1 unspecified atom stereocenters. The number of carbonyl (C=O) groups excluding carboxylic acids is 1. The number of amides is 1. The minimum Gasteiger partial charge on any atom is -0.337 e. The average molecular weight is 430 g/mol. The number of nitrogens with zero attached hydrogens (tertiary/aromatic N) is 1. The van der Waals surface area contributed by atoms with Crippen LogP contribution in [0.25, 0.3) is 0 Å². The summed E-state index contributed by atoms with van der Waals surface area (Å²) in [6.45, 7) is 1.68. The molecule has 0 aliphatic carbocycles. The van der Waals surface area contributed by atoms with Gasteiger partial charge in [0, 0.05) is 36.1 Å². The molecule has 9 heteroatoms. The Labute approximate surface area is 170 Å². The first-order valence-electron chi connectivity index (χ1n) is 8.58. The summed E-state index contributed by atoms with van der Waals surface area (Å²) in [6, 6.07) is 10.2. The number of likely N-dealkylation sites (N-methyl/N-ethyl adjacent to an activating group) is 1. The molecule has 2 N–H and O–H groups in total. The van der Waals surface area contributed by atoms with E-state index in [-0.39, 0.29) is 29.8 Å². The molecule has 1 saturated heterocycles. The number of benzene rings is 1. The fraction of sp³-hybridized carbons (Fsp3) is 0.389. The number of sulfonamides is 1. The monoisotopic (exact) mass is 429 g/mol. The number of halogens is 1. The van der Waals surface area contributed by atoms with Crippen LogP contribution in [0.15, 0.2) is 46.7 Å². The second-order valence-corrected chi connectivity index (χ2v) is 9.11. The Morgan fingerprint density at radius 2 is 2.00 bits per heavy atom. The van der Waals surface area contributed by atoms with E-state index in [0.717, 1.165) is 24.3 Å². The summed E-state index contributed by atoms with van der Waals surface area (Å²) in [4.78, 5) is 15.6. The molecule has 2 aromatic rings. The lowest BCUT2D eigenvalue weighted by atomic mass is 10.0. The van der Waals surface area contributed by atoms with Crippen molar-refractivity contribution in [3.05, 3.63) is 52.2 Å². The third-order valence-electron chi connectivity index (χ3n) is 4.54. The summed E-state index contributed by atoms with van der Waals surface area (Å²) < 4.78 is 27.3. The molecule has 6 nitrogen and oxygen atoms in total. The van der Waals surface area contributed by atoms with Crippen LogP contribution in [0.2, 0.25) is 0 Å². The second kappa shape index (κ2) is 9.66. The lowest BCUT2D eigenvalue weighted by molar-refractivity contribution is 0.0698. The van der Waals surface area contributed by atoms with Gasteiger partial charge in [0.1, 0.15) is 0 Å². The minimum atomic E-state index is -3.59. The molecule has 1 aromatic heterocycles. The lowest BCUT2D eigenvalue weighted by Crippen LogP contribution is -2.46. The van der Waals surface area contributed by atoms with Crippen LogP contribution in [-0.2, 0) is 16.6 Å². The first-order chi connectivity index (χ1) is 12.5. The molecule has 148 valence electrons. The molecule has 1 aliphatic heterocycles. The maximum absolute atomic E-state index is 12.6. The number of hydrogen-bond acceptors (Lipinski definition) is 5. The Kier molecular flexibility index (Phi) is 7.81. The van der Waals surface area contributed by atoms with Crippen molar-refractivity contribution in [1.82, 2.24) is 14.9 Å². The topological polar surface area (TPSA) is 78.5 Å². The van der Waals surface area contributed by atoms with Crippen LogP contribution in [0.3, 0.4) is 0 Å². The van der Waals surface area contributed by atoms with Crippen LogP contribution >= 0.6 is 23.7 Å². The van der Waals surface area contributed by atoms with Crippen molar-refractivity contribution in [3.63, 3.8) is 0 Å². The largest absolute Gasteiger partial charge is 0.337 e. The van der Waals surface area contributed by atoms with Gasteiger partial charge in [-0.3, -0.25) is 4.79 Å². The quantitative estimate of drug-likeness (QED) is 0.739. The molecule has 1 aromatic carbocycles.